The molecule has 2 heteroatoms. The Kier molecular flexibility index (Phi) is 6.61. The summed E-state index contributed by atoms with van der Waals surface area (Å²) >= 11 is 5.55. The van der Waals surface area contributed by atoms with Gasteiger partial charge in [-0.2, -0.15) is 0 Å². The molecule has 0 bridgehead atoms. The fourth-order valence-electron chi connectivity index (χ4n) is 0.696. The Bertz CT molecular complexity index is 101. The molecule has 0 saturated heterocycles. The number of hydrogen-bond acceptors (Lipinski definition) is 1. The maximum absolute atomic E-state index is 10.0. The van der Waals surface area contributed by atoms with Crippen LogP contribution in [0, 0.1) is 0 Å². The summed E-state index contributed by atoms with van der Waals surface area (Å²) in [4.78, 5) is 10.0. The van der Waals surface area contributed by atoms with Crippen molar-refractivity contribution in [3.63, 3.8) is 0 Å². The first-order chi connectivity index (χ1) is 4.81. The van der Waals surface area contributed by atoms with Crippen LogP contribution in [0.1, 0.15) is 25.7 Å². The molecule has 0 aromatic heterocycles. The van der Waals surface area contributed by atoms with E-state index in [0.29, 0.717) is 0 Å². The van der Waals surface area contributed by atoms with Crippen LogP contribution >= 0.6 is 11.6 Å². The maximum Gasteiger partial charge on any atom is 0.137 e. The standard InChI is InChI=1S/C8H13ClO/c1-2-3-4-5-6-8(9)7-10/h2,7-8H,1,3-6H2/t8-/m1/s1. The lowest BCUT2D eigenvalue weighted by Gasteiger charge is -1.98. The molecular formula is C8H13ClO. The molecule has 0 aromatic carbocycles. The number of aldehydes is 1. The Balaban J connectivity index is 3.02. The molecule has 0 aliphatic heterocycles. The second kappa shape index (κ2) is 6.81. The van der Waals surface area contributed by atoms with Gasteiger partial charge in [-0.25, -0.2) is 0 Å². The monoisotopic (exact) mass is 160 g/mol. The van der Waals surface area contributed by atoms with Gasteiger partial charge in [-0.15, -0.1) is 18.2 Å². The first kappa shape index (κ1) is 9.70. The fourth-order valence-corrected chi connectivity index (χ4v) is 0.850. The molecule has 0 fully saturated rings. The van der Waals surface area contributed by atoms with Crippen molar-refractivity contribution in [3.8, 4) is 0 Å². The van der Waals surface area contributed by atoms with E-state index in [0.717, 1.165) is 32.0 Å². The normalized spacial score (nSPS) is 12.5. The molecule has 0 rings (SSSR count). The van der Waals surface area contributed by atoms with Crippen molar-refractivity contribution in [2.75, 3.05) is 0 Å². The van der Waals surface area contributed by atoms with Gasteiger partial charge in [-0.3, -0.25) is 0 Å². The lowest BCUT2D eigenvalue weighted by molar-refractivity contribution is -0.107. The summed E-state index contributed by atoms with van der Waals surface area (Å²) < 4.78 is 0. The van der Waals surface area contributed by atoms with E-state index in [1.165, 1.54) is 0 Å². The molecule has 0 saturated carbocycles. The first-order valence-corrected chi connectivity index (χ1v) is 3.95. The van der Waals surface area contributed by atoms with Crippen molar-refractivity contribution in [2.24, 2.45) is 0 Å². The van der Waals surface area contributed by atoms with E-state index in [1.807, 2.05) is 6.08 Å². The molecular weight excluding hydrogens is 148 g/mol. The van der Waals surface area contributed by atoms with Crippen molar-refractivity contribution < 1.29 is 4.79 Å². The van der Waals surface area contributed by atoms with Crippen LogP contribution in [0.3, 0.4) is 0 Å². The third-order valence-electron chi connectivity index (χ3n) is 1.29. The predicted molar refractivity (Wildman–Crippen MR) is 44.4 cm³/mol. The number of allylic oxidation sites excluding steroid dienone is 1. The number of alkyl halides is 1. The molecule has 58 valence electrons. The van der Waals surface area contributed by atoms with Crippen molar-refractivity contribution in [2.45, 2.75) is 31.1 Å². The van der Waals surface area contributed by atoms with Gasteiger partial charge < -0.3 is 4.79 Å². The van der Waals surface area contributed by atoms with E-state index in [9.17, 15) is 4.79 Å². The SMILES string of the molecule is C=CCCCC[C@@H](Cl)C=O. The van der Waals surface area contributed by atoms with Gasteiger partial charge >= 0.3 is 0 Å². The van der Waals surface area contributed by atoms with Gasteiger partial charge in [0.1, 0.15) is 6.29 Å². The quantitative estimate of drug-likeness (QED) is 0.253. The predicted octanol–water partition coefficient (Wildman–Crippen LogP) is 2.54. The zero-order valence-electron chi connectivity index (χ0n) is 6.05. The average Bonchev–Trinajstić information content (AvgIpc) is 1.98. The number of carbonyl (C=O) groups excluding carboxylic acids is 1. The molecule has 1 nitrogen and oxygen atoms in total. The summed E-state index contributed by atoms with van der Waals surface area (Å²) in [5, 5.41) is -0.287. The Labute approximate surface area is 67.1 Å². The molecule has 1 atom stereocenters. The molecule has 0 spiro atoms. The Morgan fingerprint density at radius 3 is 2.70 bits per heavy atom. The highest BCUT2D eigenvalue weighted by Crippen LogP contribution is 2.06. The lowest BCUT2D eigenvalue weighted by atomic mass is 10.1. The van der Waals surface area contributed by atoms with Crippen LogP contribution in [-0.4, -0.2) is 11.7 Å². The molecule has 10 heavy (non-hydrogen) atoms. The molecule has 0 N–H and O–H groups in total. The van der Waals surface area contributed by atoms with E-state index in [4.69, 9.17) is 11.6 Å². The summed E-state index contributed by atoms with van der Waals surface area (Å²) in [5.74, 6) is 0. The summed E-state index contributed by atoms with van der Waals surface area (Å²) in [6.07, 6.45) is 6.57. The van der Waals surface area contributed by atoms with Gasteiger partial charge in [0.25, 0.3) is 0 Å². The summed E-state index contributed by atoms with van der Waals surface area (Å²) in [6.45, 7) is 3.59. The highest BCUT2D eigenvalue weighted by Gasteiger charge is 1.99. The van der Waals surface area contributed by atoms with E-state index < -0.39 is 0 Å². The van der Waals surface area contributed by atoms with Crippen molar-refractivity contribution in [3.05, 3.63) is 12.7 Å². The number of unbranched alkanes of at least 4 members (excludes halogenated alkanes) is 2. The Morgan fingerprint density at radius 1 is 1.50 bits per heavy atom. The lowest BCUT2D eigenvalue weighted by Crippen LogP contribution is -1.98. The van der Waals surface area contributed by atoms with Crippen LogP contribution in [0.4, 0.5) is 0 Å². The zero-order valence-corrected chi connectivity index (χ0v) is 6.81. The number of hydrogen-bond donors (Lipinski definition) is 0. The highest BCUT2D eigenvalue weighted by atomic mass is 35.5. The van der Waals surface area contributed by atoms with Crippen molar-refractivity contribution in [1.29, 1.82) is 0 Å². The molecule has 0 heterocycles. The van der Waals surface area contributed by atoms with Gasteiger partial charge in [0, 0.05) is 0 Å². The van der Waals surface area contributed by atoms with Gasteiger partial charge in [-0.05, 0) is 19.3 Å². The zero-order chi connectivity index (χ0) is 7.82. The molecule has 0 radical (unpaired) electrons. The number of rotatable bonds is 6. The topological polar surface area (TPSA) is 17.1 Å². The summed E-state index contributed by atoms with van der Waals surface area (Å²) in [7, 11) is 0. The van der Waals surface area contributed by atoms with Gasteiger partial charge in [0.05, 0.1) is 5.38 Å². The molecule has 0 aliphatic carbocycles. The van der Waals surface area contributed by atoms with Gasteiger partial charge in [-0.1, -0.05) is 12.5 Å². The largest absolute Gasteiger partial charge is 0.302 e. The van der Waals surface area contributed by atoms with Gasteiger partial charge in [0.15, 0.2) is 0 Å². The van der Waals surface area contributed by atoms with Crippen LogP contribution in [0.15, 0.2) is 12.7 Å². The van der Waals surface area contributed by atoms with Crippen LogP contribution in [0.25, 0.3) is 0 Å². The van der Waals surface area contributed by atoms with Crippen molar-refractivity contribution >= 4 is 17.9 Å². The van der Waals surface area contributed by atoms with Crippen LogP contribution in [0.2, 0.25) is 0 Å². The van der Waals surface area contributed by atoms with Crippen molar-refractivity contribution in [1.82, 2.24) is 0 Å². The third kappa shape index (κ3) is 5.83. The Morgan fingerprint density at radius 2 is 2.20 bits per heavy atom. The number of carbonyl (C=O) groups is 1. The van der Waals surface area contributed by atoms with Crippen LogP contribution in [-0.2, 0) is 4.79 Å². The highest BCUT2D eigenvalue weighted by molar-refractivity contribution is 6.27. The van der Waals surface area contributed by atoms with E-state index in [2.05, 4.69) is 6.58 Å². The third-order valence-corrected chi connectivity index (χ3v) is 1.61. The molecule has 0 amide bonds. The summed E-state index contributed by atoms with van der Waals surface area (Å²) in [6, 6.07) is 0. The Hall–Kier alpha value is -0.300. The van der Waals surface area contributed by atoms with E-state index in [-0.39, 0.29) is 5.38 Å². The minimum atomic E-state index is -0.287. The maximum atomic E-state index is 10.0. The average molecular weight is 161 g/mol. The summed E-state index contributed by atoms with van der Waals surface area (Å²) in [5.41, 5.74) is 0. The first-order valence-electron chi connectivity index (χ1n) is 3.51. The van der Waals surface area contributed by atoms with E-state index >= 15 is 0 Å². The second-order valence-corrected chi connectivity index (χ2v) is 2.79. The van der Waals surface area contributed by atoms with E-state index in [1.54, 1.807) is 0 Å². The van der Waals surface area contributed by atoms with Crippen LogP contribution < -0.4 is 0 Å². The fraction of sp³-hybridized carbons (Fsp3) is 0.625. The number of halogens is 1. The van der Waals surface area contributed by atoms with Gasteiger partial charge in [0.2, 0.25) is 0 Å². The molecule has 0 unspecified atom stereocenters. The minimum absolute atomic E-state index is 0.287. The minimum Gasteiger partial charge on any atom is -0.302 e. The van der Waals surface area contributed by atoms with Crippen LogP contribution in [0.5, 0.6) is 0 Å². The smallest absolute Gasteiger partial charge is 0.137 e. The second-order valence-electron chi connectivity index (χ2n) is 2.23. The molecule has 0 aliphatic rings. The molecule has 0 aromatic rings.